The largest absolute Gasteiger partial charge is 0.489 e. The first-order valence-electron chi connectivity index (χ1n) is 8.85. The van der Waals surface area contributed by atoms with Crippen LogP contribution in [0.4, 0.5) is 10.5 Å². The number of likely N-dealkylation sites (tertiary alicyclic amines) is 1. The molecule has 2 saturated heterocycles. The smallest absolute Gasteiger partial charge is 0.321 e. The van der Waals surface area contributed by atoms with Gasteiger partial charge in [0.25, 0.3) is 0 Å². The van der Waals surface area contributed by atoms with Crippen LogP contribution in [0.15, 0.2) is 18.2 Å². The first kappa shape index (κ1) is 18.8. The molecular formula is C18H23ClN2O5. The minimum absolute atomic E-state index is 0.0626. The summed E-state index contributed by atoms with van der Waals surface area (Å²) in [5.41, 5.74) is 0.470. The Labute approximate surface area is 157 Å². The van der Waals surface area contributed by atoms with Crippen LogP contribution in [-0.4, -0.2) is 54.4 Å². The van der Waals surface area contributed by atoms with Gasteiger partial charge in [-0.25, -0.2) is 4.79 Å². The van der Waals surface area contributed by atoms with E-state index in [0.29, 0.717) is 42.5 Å². The summed E-state index contributed by atoms with van der Waals surface area (Å²) < 4.78 is 11.4. The molecule has 2 fully saturated rings. The zero-order chi connectivity index (χ0) is 18.5. The number of halogens is 1. The van der Waals surface area contributed by atoms with Crippen LogP contribution in [0.25, 0.3) is 0 Å². The van der Waals surface area contributed by atoms with Crippen molar-refractivity contribution in [2.75, 3.05) is 31.6 Å². The number of nitrogens with zero attached hydrogens (tertiary/aromatic N) is 1. The molecule has 3 rings (SSSR count). The van der Waals surface area contributed by atoms with Crippen molar-refractivity contribution in [1.82, 2.24) is 4.90 Å². The Morgan fingerprint density at radius 2 is 2.19 bits per heavy atom. The molecule has 0 spiro atoms. The average Bonchev–Trinajstić information content (AvgIpc) is 3.14. The van der Waals surface area contributed by atoms with Crippen LogP contribution in [0.5, 0.6) is 5.75 Å². The molecule has 0 aliphatic carbocycles. The molecule has 2 unspecified atom stereocenters. The number of aliphatic carboxylic acids is 1. The maximum Gasteiger partial charge on any atom is 0.321 e. The number of ether oxygens (including phenoxy) is 2. The number of carbonyl (C=O) groups is 2. The molecule has 2 aliphatic heterocycles. The van der Waals surface area contributed by atoms with Gasteiger partial charge in [-0.3, -0.25) is 4.79 Å². The number of piperidine rings is 1. The van der Waals surface area contributed by atoms with E-state index in [1.54, 1.807) is 18.2 Å². The summed E-state index contributed by atoms with van der Waals surface area (Å²) in [6, 6.07) is 4.69. The second-order valence-corrected chi connectivity index (χ2v) is 7.08. The van der Waals surface area contributed by atoms with E-state index in [4.69, 9.17) is 21.1 Å². The highest BCUT2D eigenvalue weighted by Gasteiger charge is 2.28. The number of carboxylic acids is 1. The average molecular weight is 383 g/mol. The van der Waals surface area contributed by atoms with E-state index in [1.807, 2.05) is 0 Å². The van der Waals surface area contributed by atoms with Crippen molar-refractivity contribution in [2.45, 2.75) is 31.8 Å². The molecule has 0 radical (unpaired) electrons. The Hall–Kier alpha value is -1.99. The number of carboxylic acid groups (broad SMARTS) is 1. The lowest BCUT2D eigenvalue weighted by Gasteiger charge is -2.31. The first-order valence-corrected chi connectivity index (χ1v) is 9.23. The summed E-state index contributed by atoms with van der Waals surface area (Å²) in [7, 11) is 0. The fourth-order valence-electron chi connectivity index (χ4n) is 3.24. The molecule has 2 aliphatic rings. The highest BCUT2D eigenvalue weighted by Crippen LogP contribution is 2.29. The molecular weight excluding hydrogens is 360 g/mol. The van der Waals surface area contributed by atoms with Crippen molar-refractivity contribution in [2.24, 2.45) is 5.92 Å². The van der Waals surface area contributed by atoms with E-state index >= 15 is 0 Å². The summed E-state index contributed by atoms with van der Waals surface area (Å²) in [5.74, 6) is -0.875. The van der Waals surface area contributed by atoms with Crippen molar-refractivity contribution in [1.29, 1.82) is 0 Å². The predicted molar refractivity (Wildman–Crippen MR) is 96.9 cm³/mol. The minimum atomic E-state index is -0.870. The minimum Gasteiger partial charge on any atom is -0.489 e. The second-order valence-electron chi connectivity index (χ2n) is 6.64. The number of benzene rings is 1. The Bertz CT molecular complexity index is 663. The standard InChI is InChI=1S/C18H23ClN2O5/c19-13-5-6-16(26-11-14-4-2-8-25-14)15(9-13)20-18(24)21-7-1-3-12(10-21)17(22)23/h5-6,9,12,14H,1-4,7-8,10-11H2,(H,20,24)(H,22,23). The number of urea groups is 1. The number of amides is 2. The number of hydrogen-bond donors (Lipinski definition) is 2. The van der Waals surface area contributed by atoms with Crippen LogP contribution in [0, 0.1) is 5.92 Å². The quantitative estimate of drug-likeness (QED) is 0.816. The highest BCUT2D eigenvalue weighted by atomic mass is 35.5. The summed E-state index contributed by atoms with van der Waals surface area (Å²) >= 11 is 6.06. The molecule has 0 bridgehead atoms. The van der Waals surface area contributed by atoms with E-state index in [1.165, 1.54) is 4.90 Å². The zero-order valence-corrected chi connectivity index (χ0v) is 15.2. The number of hydrogen-bond acceptors (Lipinski definition) is 4. The Morgan fingerprint density at radius 1 is 1.35 bits per heavy atom. The molecule has 1 aromatic carbocycles. The topological polar surface area (TPSA) is 88.1 Å². The fraction of sp³-hybridized carbons (Fsp3) is 0.556. The molecule has 7 nitrogen and oxygen atoms in total. The van der Waals surface area contributed by atoms with Crippen LogP contribution in [0.3, 0.4) is 0 Å². The van der Waals surface area contributed by atoms with Gasteiger partial charge in [0.2, 0.25) is 0 Å². The maximum atomic E-state index is 12.6. The number of anilines is 1. The van der Waals surface area contributed by atoms with E-state index < -0.39 is 11.9 Å². The highest BCUT2D eigenvalue weighted by molar-refractivity contribution is 6.31. The molecule has 2 N–H and O–H groups in total. The summed E-state index contributed by atoms with van der Waals surface area (Å²) in [5, 5.41) is 12.5. The zero-order valence-electron chi connectivity index (χ0n) is 14.4. The lowest BCUT2D eigenvalue weighted by atomic mass is 9.99. The molecule has 0 saturated carbocycles. The second kappa shape index (κ2) is 8.60. The Morgan fingerprint density at radius 3 is 2.92 bits per heavy atom. The Kier molecular flexibility index (Phi) is 6.21. The van der Waals surface area contributed by atoms with Gasteiger partial charge in [0.15, 0.2) is 0 Å². The molecule has 0 aromatic heterocycles. The summed E-state index contributed by atoms with van der Waals surface area (Å²) in [6.45, 7) is 1.89. The van der Waals surface area contributed by atoms with Crippen LogP contribution >= 0.6 is 11.6 Å². The Balaban J connectivity index is 1.64. The molecule has 2 heterocycles. The van der Waals surface area contributed by atoms with Gasteiger partial charge in [-0.1, -0.05) is 11.6 Å². The van der Waals surface area contributed by atoms with Crippen LogP contribution in [0.1, 0.15) is 25.7 Å². The van der Waals surface area contributed by atoms with Gasteiger partial charge >= 0.3 is 12.0 Å². The van der Waals surface area contributed by atoms with Gasteiger partial charge in [0.05, 0.1) is 17.7 Å². The molecule has 8 heteroatoms. The van der Waals surface area contributed by atoms with Crippen molar-refractivity contribution in [3.05, 3.63) is 23.2 Å². The maximum absolute atomic E-state index is 12.6. The van der Waals surface area contributed by atoms with E-state index in [0.717, 1.165) is 19.4 Å². The van der Waals surface area contributed by atoms with Crippen molar-refractivity contribution < 1.29 is 24.2 Å². The van der Waals surface area contributed by atoms with Crippen molar-refractivity contribution in [3.63, 3.8) is 0 Å². The van der Waals surface area contributed by atoms with Gasteiger partial charge in [0.1, 0.15) is 12.4 Å². The lowest BCUT2D eigenvalue weighted by Crippen LogP contribution is -2.44. The third kappa shape index (κ3) is 4.80. The van der Waals surface area contributed by atoms with E-state index in [9.17, 15) is 14.7 Å². The predicted octanol–water partition coefficient (Wildman–Crippen LogP) is 3.23. The molecule has 26 heavy (non-hydrogen) atoms. The van der Waals surface area contributed by atoms with Crippen LogP contribution in [0.2, 0.25) is 5.02 Å². The first-order chi connectivity index (χ1) is 12.5. The third-order valence-electron chi connectivity index (χ3n) is 4.69. The fourth-order valence-corrected chi connectivity index (χ4v) is 3.41. The van der Waals surface area contributed by atoms with Gasteiger partial charge in [0, 0.05) is 24.7 Å². The molecule has 2 atom stereocenters. The van der Waals surface area contributed by atoms with Gasteiger partial charge in [-0.2, -0.15) is 0 Å². The normalized spacial score (nSPS) is 22.9. The third-order valence-corrected chi connectivity index (χ3v) is 4.92. The summed E-state index contributed by atoms with van der Waals surface area (Å²) in [4.78, 5) is 25.3. The molecule has 1 aromatic rings. The molecule has 2 amide bonds. The van der Waals surface area contributed by atoms with Crippen molar-refractivity contribution >= 4 is 29.3 Å². The van der Waals surface area contributed by atoms with Crippen LogP contribution < -0.4 is 10.1 Å². The summed E-state index contributed by atoms with van der Waals surface area (Å²) in [6.07, 6.45) is 3.30. The van der Waals surface area contributed by atoms with Crippen molar-refractivity contribution in [3.8, 4) is 5.75 Å². The van der Waals surface area contributed by atoms with Gasteiger partial charge in [-0.15, -0.1) is 0 Å². The monoisotopic (exact) mass is 382 g/mol. The van der Waals surface area contributed by atoms with Crippen LogP contribution in [-0.2, 0) is 9.53 Å². The lowest BCUT2D eigenvalue weighted by molar-refractivity contribution is -0.143. The van der Waals surface area contributed by atoms with Gasteiger partial charge in [-0.05, 0) is 43.9 Å². The van der Waals surface area contributed by atoms with Gasteiger partial charge < -0.3 is 24.8 Å². The van der Waals surface area contributed by atoms with E-state index in [-0.39, 0.29) is 18.7 Å². The number of nitrogens with one attached hydrogen (secondary N) is 1. The number of rotatable bonds is 5. The van der Waals surface area contributed by atoms with E-state index in [2.05, 4.69) is 5.32 Å². The number of carbonyl (C=O) groups excluding carboxylic acids is 1. The SMILES string of the molecule is O=C(O)C1CCCN(C(=O)Nc2cc(Cl)ccc2OCC2CCCO2)C1. The molecule has 142 valence electrons.